The van der Waals surface area contributed by atoms with Gasteiger partial charge in [0.1, 0.15) is 11.8 Å². The first kappa shape index (κ1) is 20.0. The molecule has 0 aliphatic carbocycles. The van der Waals surface area contributed by atoms with Crippen molar-refractivity contribution in [2.24, 2.45) is 0 Å². The molecule has 1 aliphatic heterocycles. The van der Waals surface area contributed by atoms with Crippen molar-refractivity contribution < 1.29 is 14.1 Å². The number of carbonyl (C=O) groups is 1. The second-order valence-electron chi connectivity index (χ2n) is 7.76. The number of nitrogens with one attached hydrogen (secondary N) is 2. The summed E-state index contributed by atoms with van der Waals surface area (Å²) in [6, 6.07) is 14.2. The molecule has 5 rings (SSSR count). The topological polar surface area (TPSA) is 120 Å². The molecule has 0 bridgehead atoms. The van der Waals surface area contributed by atoms with Crippen LogP contribution in [0.1, 0.15) is 11.9 Å². The molecule has 32 heavy (non-hydrogen) atoms. The average molecular weight is 434 g/mol. The van der Waals surface area contributed by atoms with Gasteiger partial charge in [0.25, 0.3) is 11.8 Å². The third-order valence-corrected chi connectivity index (χ3v) is 5.51. The molecule has 0 saturated carbocycles. The van der Waals surface area contributed by atoms with Gasteiger partial charge in [-0.2, -0.15) is 4.98 Å². The molecule has 164 valence electrons. The van der Waals surface area contributed by atoms with Gasteiger partial charge in [0.2, 0.25) is 5.82 Å². The molecule has 1 fully saturated rings. The van der Waals surface area contributed by atoms with E-state index in [1.54, 1.807) is 17.0 Å². The van der Waals surface area contributed by atoms with Gasteiger partial charge in [0, 0.05) is 25.2 Å². The average Bonchev–Trinajstić information content (AvgIpc) is 3.43. The fraction of sp³-hybridized carbons (Fsp3) is 0.273. The van der Waals surface area contributed by atoms with Crippen LogP contribution < -0.4 is 10.4 Å². The van der Waals surface area contributed by atoms with Gasteiger partial charge in [-0.05, 0) is 37.4 Å². The minimum Gasteiger partial charge on any atom is -0.484 e. The zero-order valence-electron chi connectivity index (χ0n) is 17.4. The molecule has 3 heterocycles. The monoisotopic (exact) mass is 434 g/mol. The van der Waals surface area contributed by atoms with Crippen molar-refractivity contribution in [2.45, 2.75) is 6.04 Å². The van der Waals surface area contributed by atoms with E-state index in [0.29, 0.717) is 47.2 Å². The summed E-state index contributed by atoms with van der Waals surface area (Å²) >= 11 is 0. The Hall–Kier alpha value is -3.92. The highest BCUT2D eigenvalue weighted by Gasteiger charge is 2.34. The summed E-state index contributed by atoms with van der Waals surface area (Å²) in [6.45, 7) is 1.78. The Labute approximate surface area is 182 Å². The van der Waals surface area contributed by atoms with E-state index in [-0.39, 0.29) is 24.2 Å². The number of ether oxygens (including phenoxy) is 1. The van der Waals surface area contributed by atoms with Crippen LogP contribution in [-0.4, -0.2) is 69.1 Å². The van der Waals surface area contributed by atoms with Crippen molar-refractivity contribution >= 4 is 16.9 Å². The first-order valence-electron chi connectivity index (χ1n) is 10.3. The number of carbonyl (C=O) groups excluding carboxylic acids is 1. The van der Waals surface area contributed by atoms with Crippen LogP contribution in [0.4, 0.5) is 0 Å². The second kappa shape index (κ2) is 8.31. The fourth-order valence-electron chi connectivity index (χ4n) is 3.83. The van der Waals surface area contributed by atoms with Crippen LogP contribution in [0.5, 0.6) is 5.75 Å². The van der Waals surface area contributed by atoms with Crippen molar-refractivity contribution in [3.63, 3.8) is 0 Å². The summed E-state index contributed by atoms with van der Waals surface area (Å²) in [5.41, 5.74) is 1.79. The van der Waals surface area contributed by atoms with Crippen LogP contribution in [0.25, 0.3) is 22.4 Å². The first-order valence-corrected chi connectivity index (χ1v) is 10.3. The lowest BCUT2D eigenvalue weighted by molar-refractivity contribution is -0.139. The van der Waals surface area contributed by atoms with Crippen molar-refractivity contribution in [3.8, 4) is 17.1 Å². The molecule has 1 amide bonds. The van der Waals surface area contributed by atoms with Gasteiger partial charge in [0.05, 0.1) is 11.0 Å². The number of imidazole rings is 1. The van der Waals surface area contributed by atoms with Gasteiger partial charge in [-0.15, -0.1) is 0 Å². The van der Waals surface area contributed by atoms with Crippen LogP contribution in [0.15, 0.2) is 57.8 Å². The number of fused-ring (bicyclic) bond motifs is 1. The van der Waals surface area contributed by atoms with Gasteiger partial charge < -0.3 is 29.0 Å². The van der Waals surface area contributed by atoms with E-state index < -0.39 is 0 Å². The predicted octanol–water partition coefficient (Wildman–Crippen LogP) is 1.80. The number of nitrogens with zero attached hydrogens (tertiary/aromatic N) is 4. The zero-order valence-corrected chi connectivity index (χ0v) is 17.4. The number of likely N-dealkylation sites (N-methyl/N-ethyl adjacent to an activating group) is 1. The molecule has 1 aliphatic rings. The molecule has 2 aromatic carbocycles. The molecule has 1 unspecified atom stereocenters. The molecule has 2 aromatic heterocycles. The second-order valence-corrected chi connectivity index (χ2v) is 7.76. The lowest BCUT2D eigenvalue weighted by atomic mass is 10.1. The maximum Gasteiger partial charge on any atom is 0.323 e. The number of aromatic amines is 2. The maximum absolute atomic E-state index is 12.9. The highest BCUT2D eigenvalue weighted by Crippen LogP contribution is 2.27. The fourth-order valence-corrected chi connectivity index (χ4v) is 3.83. The molecular formula is C22H22N6O4. The van der Waals surface area contributed by atoms with Crippen LogP contribution in [-0.2, 0) is 4.79 Å². The summed E-state index contributed by atoms with van der Waals surface area (Å²) in [5.74, 6) is 1.26. The number of amides is 1. The van der Waals surface area contributed by atoms with Gasteiger partial charge >= 0.3 is 5.69 Å². The first-order chi connectivity index (χ1) is 15.6. The number of rotatable bonds is 5. The lowest BCUT2D eigenvalue weighted by Crippen LogP contribution is -2.50. The number of piperazine rings is 1. The lowest BCUT2D eigenvalue weighted by Gasteiger charge is -2.37. The summed E-state index contributed by atoms with van der Waals surface area (Å²) in [4.78, 5) is 38.3. The Morgan fingerprint density at radius 1 is 1.16 bits per heavy atom. The SMILES string of the molecule is CN1CCN(C(=O)COc2ccccc2)C(c2nc(-c3ccc4[nH]c(=O)[nH]c4c3)no2)C1. The number of hydrogen-bond acceptors (Lipinski definition) is 7. The third-order valence-electron chi connectivity index (χ3n) is 5.51. The molecule has 10 heteroatoms. The Kier molecular flexibility index (Phi) is 5.20. The van der Waals surface area contributed by atoms with Crippen LogP contribution in [0.3, 0.4) is 0 Å². The van der Waals surface area contributed by atoms with Gasteiger partial charge in [-0.25, -0.2) is 4.79 Å². The summed E-state index contributed by atoms with van der Waals surface area (Å²) in [7, 11) is 1.99. The molecular weight excluding hydrogens is 412 g/mol. The standard InChI is InChI=1S/C22H22N6O4/c1-27-9-10-28(19(29)13-31-15-5-3-2-4-6-15)18(12-27)21-25-20(26-32-21)14-7-8-16-17(11-14)24-22(30)23-16/h2-8,11,18H,9-10,12-13H2,1H3,(H2,23,24,30). The zero-order chi connectivity index (χ0) is 22.1. The van der Waals surface area contributed by atoms with E-state index in [4.69, 9.17) is 9.26 Å². The summed E-state index contributed by atoms with van der Waals surface area (Å²) in [5, 5.41) is 4.11. The predicted molar refractivity (Wildman–Crippen MR) is 116 cm³/mol. The Morgan fingerprint density at radius 3 is 2.81 bits per heavy atom. The Balaban J connectivity index is 1.36. The number of benzene rings is 2. The Bertz CT molecular complexity index is 1290. The van der Waals surface area contributed by atoms with Crippen LogP contribution in [0, 0.1) is 0 Å². The minimum atomic E-state index is -0.377. The van der Waals surface area contributed by atoms with Gasteiger partial charge in [-0.1, -0.05) is 23.4 Å². The molecule has 2 N–H and O–H groups in total. The highest BCUT2D eigenvalue weighted by molar-refractivity contribution is 5.80. The van der Waals surface area contributed by atoms with E-state index in [9.17, 15) is 9.59 Å². The summed E-state index contributed by atoms with van der Waals surface area (Å²) in [6.07, 6.45) is 0. The minimum absolute atomic E-state index is 0.0667. The smallest absolute Gasteiger partial charge is 0.323 e. The van der Waals surface area contributed by atoms with Gasteiger partial charge in [-0.3, -0.25) is 4.79 Å². The quantitative estimate of drug-likeness (QED) is 0.491. The molecule has 0 radical (unpaired) electrons. The van der Waals surface area contributed by atoms with Crippen LogP contribution >= 0.6 is 0 Å². The molecule has 0 spiro atoms. The van der Waals surface area contributed by atoms with Crippen LogP contribution in [0.2, 0.25) is 0 Å². The van der Waals surface area contributed by atoms with Gasteiger partial charge in [0.15, 0.2) is 6.61 Å². The van der Waals surface area contributed by atoms with E-state index in [1.807, 2.05) is 43.4 Å². The number of H-pyrrole nitrogens is 2. The van der Waals surface area contributed by atoms with Crippen molar-refractivity contribution in [2.75, 3.05) is 33.3 Å². The molecule has 10 nitrogen and oxygen atoms in total. The highest BCUT2D eigenvalue weighted by atomic mass is 16.5. The largest absolute Gasteiger partial charge is 0.484 e. The van der Waals surface area contributed by atoms with E-state index in [1.165, 1.54) is 0 Å². The van der Waals surface area contributed by atoms with E-state index in [2.05, 4.69) is 25.0 Å². The number of para-hydroxylation sites is 1. The van der Waals surface area contributed by atoms with E-state index >= 15 is 0 Å². The van der Waals surface area contributed by atoms with Crippen molar-refractivity contribution in [1.29, 1.82) is 0 Å². The third kappa shape index (κ3) is 4.00. The Morgan fingerprint density at radius 2 is 1.97 bits per heavy atom. The summed E-state index contributed by atoms with van der Waals surface area (Å²) < 4.78 is 11.2. The van der Waals surface area contributed by atoms with Crippen molar-refractivity contribution in [3.05, 3.63) is 64.9 Å². The maximum atomic E-state index is 12.9. The molecule has 1 atom stereocenters. The van der Waals surface area contributed by atoms with E-state index in [0.717, 1.165) is 6.54 Å². The van der Waals surface area contributed by atoms with Crippen molar-refractivity contribution in [1.82, 2.24) is 29.9 Å². The normalized spacial score (nSPS) is 17.0. The number of hydrogen-bond donors (Lipinski definition) is 2. The number of aromatic nitrogens is 4. The molecule has 1 saturated heterocycles. The molecule has 4 aromatic rings.